The van der Waals surface area contributed by atoms with Crippen LogP contribution in [0.25, 0.3) is 0 Å². The molecular weight excluding hydrogens is 352 g/mol. The zero-order chi connectivity index (χ0) is 19.2. The van der Waals surface area contributed by atoms with Crippen LogP contribution in [0.15, 0.2) is 35.3 Å². The number of nitrogens with zero attached hydrogens (tertiary/aromatic N) is 3. The van der Waals surface area contributed by atoms with E-state index in [0.29, 0.717) is 5.92 Å². The Morgan fingerprint density at radius 2 is 1.93 bits per heavy atom. The topological polar surface area (TPSA) is 49.3 Å². The molecule has 6 heteroatoms. The maximum atomic E-state index is 6.01. The molecule has 0 radical (unpaired) electrons. The molecule has 3 aliphatic rings. The smallest absolute Gasteiger partial charge is 0.194 e. The number of para-hydroxylation sites is 1. The van der Waals surface area contributed by atoms with Gasteiger partial charge < -0.3 is 24.6 Å². The summed E-state index contributed by atoms with van der Waals surface area (Å²) in [4.78, 5) is 9.86. The van der Waals surface area contributed by atoms with Gasteiger partial charge >= 0.3 is 0 Å². The second kappa shape index (κ2) is 9.61. The predicted molar refractivity (Wildman–Crippen MR) is 113 cm³/mol. The second-order valence-corrected chi connectivity index (χ2v) is 8.04. The van der Waals surface area contributed by atoms with Gasteiger partial charge in [-0.05, 0) is 44.2 Å². The van der Waals surface area contributed by atoms with Gasteiger partial charge in [-0.25, -0.2) is 0 Å². The van der Waals surface area contributed by atoms with E-state index in [0.717, 1.165) is 71.3 Å². The Labute approximate surface area is 168 Å². The summed E-state index contributed by atoms with van der Waals surface area (Å²) >= 11 is 0. The number of guanidine groups is 1. The largest absolute Gasteiger partial charge is 0.375 e. The summed E-state index contributed by atoms with van der Waals surface area (Å²) in [6.07, 6.45) is 3.89. The summed E-state index contributed by atoms with van der Waals surface area (Å²) in [7, 11) is 0. The highest BCUT2D eigenvalue weighted by Crippen LogP contribution is 2.24. The van der Waals surface area contributed by atoms with E-state index in [4.69, 9.17) is 14.5 Å². The lowest BCUT2D eigenvalue weighted by atomic mass is 10.1. The number of benzene rings is 1. The number of anilines is 1. The first kappa shape index (κ1) is 19.5. The van der Waals surface area contributed by atoms with E-state index in [1.165, 1.54) is 12.1 Å². The average molecular weight is 387 g/mol. The van der Waals surface area contributed by atoms with E-state index >= 15 is 0 Å². The van der Waals surface area contributed by atoms with Crippen LogP contribution in [-0.4, -0.2) is 75.5 Å². The molecule has 0 saturated carbocycles. The summed E-state index contributed by atoms with van der Waals surface area (Å²) in [5.41, 5.74) is 1.33. The molecule has 28 heavy (non-hydrogen) atoms. The van der Waals surface area contributed by atoms with Gasteiger partial charge in [0.05, 0.1) is 12.7 Å². The molecule has 0 amide bonds. The summed E-state index contributed by atoms with van der Waals surface area (Å²) in [6.45, 7) is 9.52. The minimum atomic E-state index is 0.167. The van der Waals surface area contributed by atoms with Crippen LogP contribution in [0.4, 0.5) is 5.69 Å². The Bertz CT molecular complexity index is 633. The molecule has 3 fully saturated rings. The highest BCUT2D eigenvalue weighted by atomic mass is 16.5. The van der Waals surface area contributed by atoms with Crippen LogP contribution < -0.4 is 10.2 Å². The van der Waals surface area contributed by atoms with Crippen molar-refractivity contribution in [1.82, 2.24) is 10.2 Å². The van der Waals surface area contributed by atoms with Crippen LogP contribution >= 0.6 is 0 Å². The summed E-state index contributed by atoms with van der Waals surface area (Å²) in [5, 5.41) is 3.50. The van der Waals surface area contributed by atoms with Crippen LogP contribution in [0.2, 0.25) is 0 Å². The van der Waals surface area contributed by atoms with Crippen LogP contribution in [0.3, 0.4) is 0 Å². The molecule has 6 nitrogen and oxygen atoms in total. The quantitative estimate of drug-likeness (QED) is 0.622. The van der Waals surface area contributed by atoms with Crippen LogP contribution in [0.1, 0.15) is 26.2 Å². The highest BCUT2D eigenvalue weighted by Gasteiger charge is 2.32. The van der Waals surface area contributed by atoms with Gasteiger partial charge in [0, 0.05) is 51.6 Å². The van der Waals surface area contributed by atoms with Crippen molar-refractivity contribution in [1.29, 1.82) is 0 Å². The van der Waals surface area contributed by atoms with Crippen molar-refractivity contribution in [2.45, 2.75) is 38.4 Å². The Morgan fingerprint density at radius 1 is 1.07 bits per heavy atom. The van der Waals surface area contributed by atoms with Gasteiger partial charge in [0.1, 0.15) is 6.10 Å². The Kier molecular flexibility index (Phi) is 6.70. The van der Waals surface area contributed by atoms with Gasteiger partial charge in [0.15, 0.2) is 5.96 Å². The van der Waals surface area contributed by atoms with Gasteiger partial charge in [0.2, 0.25) is 0 Å². The Hall–Kier alpha value is -1.79. The number of hydrogen-bond acceptors (Lipinski definition) is 4. The average Bonchev–Trinajstić information content (AvgIpc) is 3.44. The van der Waals surface area contributed by atoms with Gasteiger partial charge in [-0.2, -0.15) is 0 Å². The van der Waals surface area contributed by atoms with Crippen molar-refractivity contribution in [2.75, 3.05) is 57.4 Å². The molecule has 0 aliphatic carbocycles. The summed E-state index contributed by atoms with van der Waals surface area (Å²) in [6, 6.07) is 10.7. The van der Waals surface area contributed by atoms with Crippen molar-refractivity contribution in [3.8, 4) is 0 Å². The molecule has 154 valence electrons. The van der Waals surface area contributed by atoms with E-state index in [2.05, 4.69) is 52.4 Å². The molecule has 0 bridgehead atoms. The Morgan fingerprint density at radius 3 is 2.71 bits per heavy atom. The van der Waals surface area contributed by atoms with Crippen molar-refractivity contribution < 1.29 is 9.47 Å². The van der Waals surface area contributed by atoms with Gasteiger partial charge in [-0.15, -0.1) is 0 Å². The fourth-order valence-corrected chi connectivity index (χ4v) is 4.48. The zero-order valence-corrected chi connectivity index (χ0v) is 17.1. The first-order valence-corrected chi connectivity index (χ1v) is 10.9. The monoisotopic (exact) mass is 386 g/mol. The van der Waals surface area contributed by atoms with Crippen molar-refractivity contribution in [3.63, 3.8) is 0 Å². The zero-order valence-electron chi connectivity index (χ0n) is 17.1. The second-order valence-electron chi connectivity index (χ2n) is 8.04. The van der Waals surface area contributed by atoms with E-state index in [9.17, 15) is 0 Å². The molecule has 1 aromatic rings. The lowest BCUT2D eigenvalue weighted by molar-refractivity contribution is -0.0817. The maximum absolute atomic E-state index is 6.01. The third kappa shape index (κ3) is 4.78. The lowest BCUT2D eigenvalue weighted by Crippen LogP contribution is -2.53. The molecule has 3 unspecified atom stereocenters. The maximum Gasteiger partial charge on any atom is 0.194 e. The van der Waals surface area contributed by atoms with E-state index in [1.54, 1.807) is 0 Å². The fourth-order valence-electron chi connectivity index (χ4n) is 4.48. The highest BCUT2D eigenvalue weighted by molar-refractivity contribution is 5.80. The normalized spacial score (nSPS) is 28.8. The number of rotatable bonds is 5. The summed E-state index contributed by atoms with van der Waals surface area (Å²) < 4.78 is 11.9. The van der Waals surface area contributed by atoms with Crippen LogP contribution in [0.5, 0.6) is 0 Å². The predicted octanol–water partition coefficient (Wildman–Crippen LogP) is 2.36. The van der Waals surface area contributed by atoms with E-state index < -0.39 is 0 Å². The van der Waals surface area contributed by atoms with Gasteiger partial charge in [-0.1, -0.05) is 18.2 Å². The van der Waals surface area contributed by atoms with Crippen LogP contribution in [-0.2, 0) is 9.47 Å². The number of hydrogen-bond donors (Lipinski definition) is 1. The molecule has 3 heterocycles. The van der Waals surface area contributed by atoms with Crippen molar-refractivity contribution in [2.24, 2.45) is 10.9 Å². The number of ether oxygens (including phenoxy) is 2. The van der Waals surface area contributed by atoms with Gasteiger partial charge in [-0.3, -0.25) is 4.99 Å². The van der Waals surface area contributed by atoms with E-state index in [1.807, 2.05) is 0 Å². The third-order valence-electron chi connectivity index (χ3n) is 6.01. The first-order chi connectivity index (χ1) is 13.8. The standard InChI is InChI=1S/C22H34N4O2/c1-2-23-22(26-12-14-28-21(17-26)20-9-6-13-27-20)24-15-18-10-11-25(16-18)19-7-4-3-5-8-19/h3-5,7-8,18,20-21H,2,6,9-17H2,1H3,(H,23,24). The lowest BCUT2D eigenvalue weighted by Gasteiger charge is -2.37. The number of aliphatic imine (C=N–C) groups is 1. The molecule has 1 N–H and O–H groups in total. The Balaban J connectivity index is 1.34. The number of morpholine rings is 1. The molecule has 3 aliphatic heterocycles. The minimum Gasteiger partial charge on any atom is -0.375 e. The molecular formula is C22H34N4O2. The fraction of sp³-hybridized carbons (Fsp3) is 0.682. The molecule has 3 atom stereocenters. The number of nitrogens with one attached hydrogen (secondary N) is 1. The molecule has 0 spiro atoms. The van der Waals surface area contributed by atoms with Crippen molar-refractivity contribution in [3.05, 3.63) is 30.3 Å². The van der Waals surface area contributed by atoms with Gasteiger partial charge in [0.25, 0.3) is 0 Å². The summed E-state index contributed by atoms with van der Waals surface area (Å²) in [5.74, 6) is 1.65. The van der Waals surface area contributed by atoms with Crippen molar-refractivity contribution >= 4 is 11.6 Å². The molecule has 0 aromatic heterocycles. The molecule has 3 saturated heterocycles. The van der Waals surface area contributed by atoms with E-state index in [-0.39, 0.29) is 12.2 Å². The SMILES string of the molecule is CCNC(=NCC1CCN(c2ccccc2)C1)N1CCOC(C2CCCO2)C1. The van der Waals surface area contributed by atoms with Crippen LogP contribution in [0, 0.1) is 5.92 Å². The molecule has 4 rings (SSSR count). The first-order valence-electron chi connectivity index (χ1n) is 10.9. The minimum absolute atomic E-state index is 0.167. The third-order valence-corrected chi connectivity index (χ3v) is 6.01. The molecule has 1 aromatic carbocycles.